The molecule has 0 amide bonds. The lowest BCUT2D eigenvalue weighted by Crippen LogP contribution is -2.23. The lowest BCUT2D eigenvalue weighted by molar-refractivity contribution is 0.170. The summed E-state index contributed by atoms with van der Waals surface area (Å²) in [5, 5.41) is 3.90. The van der Waals surface area contributed by atoms with Crippen molar-refractivity contribution in [2.45, 2.75) is 25.5 Å². The van der Waals surface area contributed by atoms with Crippen LogP contribution in [0.3, 0.4) is 0 Å². The summed E-state index contributed by atoms with van der Waals surface area (Å²) in [6.07, 6.45) is 7.46. The molecule has 0 fully saturated rings. The highest BCUT2D eigenvalue weighted by atomic mass is 35.5. The fraction of sp³-hybridized carbons (Fsp3) is 0.250. The number of aromatic nitrogens is 2. The van der Waals surface area contributed by atoms with E-state index < -0.39 is 0 Å². The van der Waals surface area contributed by atoms with Crippen LogP contribution in [-0.2, 0) is 13.0 Å². The van der Waals surface area contributed by atoms with Crippen LogP contribution in [0.2, 0.25) is 5.02 Å². The Balaban J connectivity index is 1.68. The Morgan fingerprint density at radius 1 is 1.20 bits per heavy atom. The molecule has 1 unspecified atom stereocenters. The minimum atomic E-state index is 0.0528. The minimum absolute atomic E-state index is 0.0528. The van der Waals surface area contributed by atoms with E-state index in [0.717, 1.165) is 35.8 Å². The van der Waals surface area contributed by atoms with Crippen LogP contribution < -0.4 is 10.1 Å². The Bertz CT molecular complexity index is 772. The first-order valence-corrected chi connectivity index (χ1v) is 8.75. The number of ether oxygens (including phenoxy) is 1. The fourth-order valence-electron chi connectivity index (χ4n) is 2.71. The molecule has 1 atom stereocenters. The van der Waals surface area contributed by atoms with Gasteiger partial charge in [-0.2, -0.15) is 0 Å². The van der Waals surface area contributed by atoms with Crippen molar-refractivity contribution in [1.29, 1.82) is 0 Å². The van der Waals surface area contributed by atoms with E-state index in [1.807, 2.05) is 56.0 Å². The Kier molecular flexibility index (Phi) is 5.96. The van der Waals surface area contributed by atoms with Crippen LogP contribution in [0.25, 0.3) is 0 Å². The van der Waals surface area contributed by atoms with Crippen molar-refractivity contribution in [2.75, 3.05) is 12.4 Å². The molecule has 3 rings (SSSR count). The summed E-state index contributed by atoms with van der Waals surface area (Å²) in [4.78, 5) is 4.12. The number of aryl methyl sites for hydroxylation is 1. The first kappa shape index (κ1) is 17.4. The third kappa shape index (κ3) is 5.26. The van der Waals surface area contributed by atoms with Crippen LogP contribution in [-0.4, -0.2) is 22.7 Å². The maximum Gasteiger partial charge on any atom is 0.121 e. The second-order valence-electron chi connectivity index (χ2n) is 5.94. The number of anilines is 1. The molecule has 130 valence electrons. The summed E-state index contributed by atoms with van der Waals surface area (Å²) in [7, 11) is 1.91. The predicted octanol–water partition coefficient (Wildman–Crippen LogP) is 4.66. The lowest BCUT2D eigenvalue weighted by atomic mass is 10.1. The summed E-state index contributed by atoms with van der Waals surface area (Å²) < 4.78 is 8.31. The third-order valence-electron chi connectivity index (χ3n) is 4.07. The third-order valence-corrected chi connectivity index (χ3v) is 4.32. The highest BCUT2D eigenvalue weighted by Crippen LogP contribution is 2.21. The second-order valence-corrected chi connectivity index (χ2v) is 6.38. The normalized spacial score (nSPS) is 11.9. The Morgan fingerprint density at radius 2 is 2.04 bits per heavy atom. The largest absolute Gasteiger partial charge is 0.488 e. The zero-order valence-electron chi connectivity index (χ0n) is 14.2. The quantitative estimate of drug-likeness (QED) is 0.638. The van der Waals surface area contributed by atoms with E-state index in [4.69, 9.17) is 16.3 Å². The highest BCUT2D eigenvalue weighted by molar-refractivity contribution is 6.30. The summed E-state index contributed by atoms with van der Waals surface area (Å²) in [6.45, 7) is 0.761. The van der Waals surface area contributed by atoms with E-state index >= 15 is 0 Å². The lowest BCUT2D eigenvalue weighted by Gasteiger charge is -2.20. The SMILES string of the molecule is CNc1cccc(OC(CCc2ccc(Cl)cc2)Cn2ccnc2)c1. The molecule has 3 aromatic rings. The van der Waals surface area contributed by atoms with Gasteiger partial charge in [-0.15, -0.1) is 0 Å². The first-order valence-electron chi connectivity index (χ1n) is 8.37. The number of rotatable bonds is 8. The van der Waals surface area contributed by atoms with Gasteiger partial charge in [0.2, 0.25) is 0 Å². The van der Waals surface area contributed by atoms with Crippen LogP contribution in [0.1, 0.15) is 12.0 Å². The maximum atomic E-state index is 6.26. The molecular formula is C20H22ClN3O. The topological polar surface area (TPSA) is 39.1 Å². The molecule has 0 saturated carbocycles. The van der Waals surface area contributed by atoms with Gasteiger partial charge in [-0.25, -0.2) is 4.98 Å². The van der Waals surface area contributed by atoms with Crippen LogP contribution >= 0.6 is 11.6 Å². The number of halogens is 1. The van der Waals surface area contributed by atoms with Gasteiger partial charge in [-0.05, 0) is 42.7 Å². The van der Waals surface area contributed by atoms with Gasteiger partial charge in [-0.1, -0.05) is 29.8 Å². The molecule has 5 heteroatoms. The van der Waals surface area contributed by atoms with Gasteiger partial charge in [0.15, 0.2) is 0 Å². The van der Waals surface area contributed by atoms with Crippen molar-refractivity contribution >= 4 is 17.3 Å². The Labute approximate surface area is 153 Å². The Morgan fingerprint density at radius 3 is 2.76 bits per heavy atom. The van der Waals surface area contributed by atoms with Crippen molar-refractivity contribution in [3.63, 3.8) is 0 Å². The summed E-state index contributed by atoms with van der Waals surface area (Å²) >= 11 is 5.96. The second kappa shape index (κ2) is 8.58. The molecule has 1 aromatic heterocycles. The maximum absolute atomic E-state index is 6.26. The molecule has 0 radical (unpaired) electrons. The number of nitrogens with zero attached hydrogens (tertiary/aromatic N) is 2. The van der Waals surface area contributed by atoms with Crippen molar-refractivity contribution in [1.82, 2.24) is 9.55 Å². The van der Waals surface area contributed by atoms with E-state index in [0.29, 0.717) is 0 Å². The van der Waals surface area contributed by atoms with Crippen molar-refractivity contribution in [2.24, 2.45) is 0 Å². The van der Waals surface area contributed by atoms with E-state index in [1.165, 1.54) is 5.56 Å². The molecule has 2 aromatic carbocycles. The van der Waals surface area contributed by atoms with Gasteiger partial charge in [0, 0.05) is 36.2 Å². The molecule has 25 heavy (non-hydrogen) atoms. The van der Waals surface area contributed by atoms with Crippen molar-refractivity contribution < 1.29 is 4.74 Å². The molecule has 0 aliphatic rings. The van der Waals surface area contributed by atoms with Gasteiger partial charge >= 0.3 is 0 Å². The van der Waals surface area contributed by atoms with Crippen LogP contribution in [0.15, 0.2) is 67.3 Å². The molecule has 0 aliphatic carbocycles. The van der Waals surface area contributed by atoms with Gasteiger partial charge in [0.05, 0.1) is 12.9 Å². The molecule has 1 N–H and O–H groups in total. The van der Waals surface area contributed by atoms with Crippen molar-refractivity contribution in [3.8, 4) is 5.75 Å². The van der Waals surface area contributed by atoms with Gasteiger partial charge in [-0.3, -0.25) is 0 Å². The Hall–Kier alpha value is -2.46. The van der Waals surface area contributed by atoms with E-state index in [9.17, 15) is 0 Å². The molecule has 0 bridgehead atoms. The van der Waals surface area contributed by atoms with Gasteiger partial charge < -0.3 is 14.6 Å². The summed E-state index contributed by atoms with van der Waals surface area (Å²) in [6, 6.07) is 16.0. The number of hydrogen-bond acceptors (Lipinski definition) is 3. The number of benzene rings is 2. The number of imidazole rings is 1. The van der Waals surface area contributed by atoms with E-state index in [-0.39, 0.29) is 6.10 Å². The average Bonchev–Trinajstić information content (AvgIpc) is 3.14. The summed E-state index contributed by atoms with van der Waals surface area (Å²) in [5.74, 6) is 0.869. The number of nitrogens with one attached hydrogen (secondary N) is 1. The highest BCUT2D eigenvalue weighted by Gasteiger charge is 2.12. The molecule has 0 spiro atoms. The van der Waals surface area contributed by atoms with Crippen molar-refractivity contribution in [3.05, 3.63) is 77.8 Å². The molecule has 0 aliphatic heterocycles. The summed E-state index contributed by atoms with van der Waals surface area (Å²) in [5.41, 5.74) is 2.30. The van der Waals surface area contributed by atoms with E-state index in [2.05, 4.69) is 27.0 Å². The predicted molar refractivity (Wildman–Crippen MR) is 102 cm³/mol. The van der Waals surface area contributed by atoms with Gasteiger partial charge in [0.1, 0.15) is 11.9 Å². The fourth-order valence-corrected chi connectivity index (χ4v) is 2.84. The molecule has 4 nitrogen and oxygen atoms in total. The molecule has 1 heterocycles. The standard InChI is InChI=1S/C20H22ClN3O/c1-22-18-3-2-4-19(13-18)25-20(14-24-12-11-23-15-24)10-7-16-5-8-17(21)9-6-16/h2-6,8-9,11-13,15,20,22H,7,10,14H2,1H3. The monoisotopic (exact) mass is 355 g/mol. The van der Waals surface area contributed by atoms with Gasteiger partial charge in [0.25, 0.3) is 0 Å². The smallest absolute Gasteiger partial charge is 0.121 e. The average molecular weight is 356 g/mol. The number of hydrogen-bond donors (Lipinski definition) is 1. The minimum Gasteiger partial charge on any atom is -0.488 e. The van der Waals surface area contributed by atoms with Crippen LogP contribution in [0.5, 0.6) is 5.75 Å². The molecule has 0 saturated heterocycles. The first-order chi connectivity index (χ1) is 12.2. The van der Waals surface area contributed by atoms with E-state index in [1.54, 1.807) is 6.20 Å². The molecular weight excluding hydrogens is 334 g/mol. The van der Waals surface area contributed by atoms with Crippen LogP contribution in [0.4, 0.5) is 5.69 Å². The zero-order chi connectivity index (χ0) is 17.5. The zero-order valence-corrected chi connectivity index (χ0v) is 15.0. The van der Waals surface area contributed by atoms with Crippen LogP contribution in [0, 0.1) is 0 Å².